The van der Waals surface area contributed by atoms with E-state index in [1.165, 1.54) is 12.3 Å². The molecule has 0 bridgehead atoms. The second-order valence-electron chi connectivity index (χ2n) is 6.49. The van der Waals surface area contributed by atoms with Gasteiger partial charge >= 0.3 is 0 Å². The molecule has 2 aromatic rings. The fourth-order valence-electron chi connectivity index (χ4n) is 2.91. The molecule has 3 N–H and O–H groups in total. The lowest BCUT2D eigenvalue weighted by Crippen LogP contribution is -2.30. The molecule has 138 valence electrons. The molecule has 2 heterocycles. The number of carbonyl (C=O) groups is 1. The van der Waals surface area contributed by atoms with E-state index >= 15 is 0 Å². The molecule has 0 spiro atoms. The number of amides is 1. The number of phenols is 1. The van der Waals surface area contributed by atoms with Crippen molar-refractivity contribution in [2.45, 2.75) is 19.8 Å². The number of aromatic nitrogens is 1. The van der Waals surface area contributed by atoms with Crippen molar-refractivity contribution >= 4 is 23.2 Å². The summed E-state index contributed by atoms with van der Waals surface area (Å²) in [5.74, 6) is 0.679. The summed E-state index contributed by atoms with van der Waals surface area (Å²) >= 11 is 5.99. The Labute approximate surface area is 157 Å². The van der Waals surface area contributed by atoms with Gasteiger partial charge in [0.1, 0.15) is 11.5 Å². The van der Waals surface area contributed by atoms with Gasteiger partial charge in [0.15, 0.2) is 0 Å². The predicted octanol–water partition coefficient (Wildman–Crippen LogP) is 3.38. The van der Waals surface area contributed by atoms with Crippen molar-refractivity contribution in [3.05, 3.63) is 46.7 Å². The monoisotopic (exact) mass is 375 g/mol. The number of carbonyl (C=O) groups excluding carboxylic acids is 1. The Kier molecular flexibility index (Phi) is 5.96. The summed E-state index contributed by atoms with van der Waals surface area (Å²) in [6, 6.07) is 4.79. The SMILES string of the molecule is Cc1cc(Cl)cc(NC(=O)c2cncc(OCC3CCNCC3)c2)c1O. The zero-order valence-electron chi connectivity index (χ0n) is 14.6. The Balaban J connectivity index is 1.66. The van der Waals surface area contributed by atoms with Gasteiger partial charge in [0.05, 0.1) is 24.1 Å². The molecule has 1 aliphatic rings. The molecule has 0 unspecified atom stereocenters. The summed E-state index contributed by atoms with van der Waals surface area (Å²) in [6.45, 7) is 4.35. The van der Waals surface area contributed by atoms with Crippen LogP contribution in [0.1, 0.15) is 28.8 Å². The van der Waals surface area contributed by atoms with Crippen LogP contribution < -0.4 is 15.4 Å². The minimum absolute atomic E-state index is 0.00554. The van der Waals surface area contributed by atoms with E-state index in [1.807, 2.05) is 0 Å². The van der Waals surface area contributed by atoms with Gasteiger partial charge in [0.25, 0.3) is 5.91 Å². The van der Waals surface area contributed by atoms with Crippen LogP contribution in [0.3, 0.4) is 0 Å². The Morgan fingerprint density at radius 3 is 2.88 bits per heavy atom. The number of ether oxygens (including phenoxy) is 1. The smallest absolute Gasteiger partial charge is 0.257 e. The highest BCUT2D eigenvalue weighted by Crippen LogP contribution is 2.31. The maximum atomic E-state index is 12.5. The first-order valence-corrected chi connectivity index (χ1v) is 9.00. The molecule has 6 nitrogen and oxygen atoms in total. The Bertz CT molecular complexity index is 792. The number of nitrogens with zero attached hydrogens (tertiary/aromatic N) is 1. The fourth-order valence-corrected chi connectivity index (χ4v) is 3.18. The van der Waals surface area contributed by atoms with E-state index < -0.39 is 0 Å². The van der Waals surface area contributed by atoms with Crippen molar-refractivity contribution in [3.8, 4) is 11.5 Å². The summed E-state index contributed by atoms with van der Waals surface area (Å²) in [7, 11) is 0. The third-order valence-corrected chi connectivity index (χ3v) is 4.65. The van der Waals surface area contributed by atoms with Crippen molar-refractivity contribution in [3.63, 3.8) is 0 Å². The van der Waals surface area contributed by atoms with Crippen molar-refractivity contribution in [2.24, 2.45) is 5.92 Å². The molecule has 1 aliphatic heterocycles. The molecule has 0 saturated carbocycles. The molecule has 7 heteroatoms. The number of phenolic OH excluding ortho intramolecular Hbond substituents is 1. The van der Waals surface area contributed by atoms with Crippen molar-refractivity contribution in [2.75, 3.05) is 25.0 Å². The second-order valence-corrected chi connectivity index (χ2v) is 6.92. The van der Waals surface area contributed by atoms with E-state index in [9.17, 15) is 9.90 Å². The first kappa shape index (κ1) is 18.5. The maximum absolute atomic E-state index is 12.5. The molecule has 26 heavy (non-hydrogen) atoms. The van der Waals surface area contributed by atoms with Crippen LogP contribution in [0.4, 0.5) is 5.69 Å². The molecule has 1 amide bonds. The number of anilines is 1. The number of halogens is 1. The van der Waals surface area contributed by atoms with Crippen molar-refractivity contribution in [1.29, 1.82) is 0 Å². The molecular formula is C19H22ClN3O3. The first-order chi connectivity index (χ1) is 12.5. The first-order valence-electron chi connectivity index (χ1n) is 8.62. The van der Waals surface area contributed by atoms with E-state index in [0.29, 0.717) is 34.4 Å². The quantitative estimate of drug-likeness (QED) is 0.698. The highest BCUT2D eigenvalue weighted by Gasteiger charge is 2.15. The number of rotatable bonds is 5. The normalized spacial score (nSPS) is 14.8. The van der Waals surface area contributed by atoms with E-state index in [-0.39, 0.29) is 17.3 Å². The Morgan fingerprint density at radius 2 is 2.12 bits per heavy atom. The van der Waals surface area contributed by atoms with Crippen LogP contribution in [0.5, 0.6) is 11.5 Å². The topological polar surface area (TPSA) is 83.5 Å². The Morgan fingerprint density at radius 1 is 1.35 bits per heavy atom. The van der Waals surface area contributed by atoms with E-state index in [2.05, 4.69) is 15.6 Å². The predicted molar refractivity (Wildman–Crippen MR) is 101 cm³/mol. The van der Waals surface area contributed by atoms with Gasteiger partial charge in [-0.1, -0.05) is 11.6 Å². The summed E-state index contributed by atoms with van der Waals surface area (Å²) < 4.78 is 5.81. The third kappa shape index (κ3) is 4.65. The number of hydrogen-bond donors (Lipinski definition) is 3. The fraction of sp³-hybridized carbons (Fsp3) is 0.368. The average molecular weight is 376 g/mol. The van der Waals surface area contributed by atoms with Gasteiger partial charge in [-0.25, -0.2) is 0 Å². The van der Waals surface area contributed by atoms with Crippen LogP contribution in [0, 0.1) is 12.8 Å². The van der Waals surface area contributed by atoms with Gasteiger partial charge in [0.2, 0.25) is 0 Å². The number of aryl methyl sites for hydroxylation is 1. The van der Waals surface area contributed by atoms with E-state index in [0.717, 1.165) is 25.9 Å². The van der Waals surface area contributed by atoms with Gasteiger partial charge in [-0.05, 0) is 62.5 Å². The molecule has 1 fully saturated rings. The number of benzene rings is 1. The zero-order valence-corrected chi connectivity index (χ0v) is 15.3. The number of pyridine rings is 1. The Hall–Kier alpha value is -2.31. The van der Waals surface area contributed by atoms with Crippen LogP contribution in [0.25, 0.3) is 0 Å². The van der Waals surface area contributed by atoms with Crippen LogP contribution >= 0.6 is 11.6 Å². The van der Waals surface area contributed by atoms with Gasteiger partial charge in [-0.2, -0.15) is 0 Å². The van der Waals surface area contributed by atoms with Crippen LogP contribution in [0.2, 0.25) is 5.02 Å². The molecule has 0 atom stereocenters. The van der Waals surface area contributed by atoms with Crippen LogP contribution in [0.15, 0.2) is 30.6 Å². The van der Waals surface area contributed by atoms with Gasteiger partial charge < -0.3 is 20.5 Å². The van der Waals surface area contributed by atoms with Crippen molar-refractivity contribution in [1.82, 2.24) is 10.3 Å². The second kappa shape index (κ2) is 8.38. The molecule has 0 radical (unpaired) electrons. The van der Waals surface area contributed by atoms with Crippen LogP contribution in [-0.2, 0) is 0 Å². The summed E-state index contributed by atoms with van der Waals surface area (Å²) in [5, 5.41) is 16.5. The number of piperidine rings is 1. The number of aromatic hydroxyl groups is 1. The lowest BCUT2D eigenvalue weighted by molar-refractivity contribution is 0.102. The summed E-state index contributed by atoms with van der Waals surface area (Å²) in [6.07, 6.45) is 5.22. The molecule has 3 rings (SSSR count). The average Bonchev–Trinajstić information content (AvgIpc) is 2.65. The van der Waals surface area contributed by atoms with Gasteiger partial charge in [-0.3, -0.25) is 9.78 Å². The van der Waals surface area contributed by atoms with E-state index in [4.69, 9.17) is 16.3 Å². The van der Waals surface area contributed by atoms with Crippen LogP contribution in [-0.4, -0.2) is 35.7 Å². The lowest BCUT2D eigenvalue weighted by atomic mass is 9.99. The highest BCUT2D eigenvalue weighted by atomic mass is 35.5. The number of hydrogen-bond acceptors (Lipinski definition) is 5. The largest absolute Gasteiger partial charge is 0.505 e. The standard InChI is InChI=1S/C19H22ClN3O3/c1-12-6-15(20)8-17(18(12)24)23-19(25)14-7-16(10-22-9-14)26-11-13-2-4-21-5-3-13/h6-10,13,21,24H,2-5,11H2,1H3,(H,23,25). The zero-order chi connectivity index (χ0) is 18.5. The van der Waals surface area contributed by atoms with Crippen molar-refractivity contribution < 1.29 is 14.6 Å². The molecule has 0 aliphatic carbocycles. The summed E-state index contributed by atoms with van der Waals surface area (Å²) in [5.41, 5.74) is 1.20. The van der Waals surface area contributed by atoms with Gasteiger partial charge in [-0.15, -0.1) is 0 Å². The number of nitrogens with one attached hydrogen (secondary N) is 2. The molecule has 1 aromatic carbocycles. The third-order valence-electron chi connectivity index (χ3n) is 4.43. The molecular weight excluding hydrogens is 354 g/mol. The molecule has 1 saturated heterocycles. The molecule has 1 aromatic heterocycles. The van der Waals surface area contributed by atoms with E-state index in [1.54, 1.807) is 25.3 Å². The lowest BCUT2D eigenvalue weighted by Gasteiger charge is -2.22. The minimum atomic E-state index is -0.387. The highest BCUT2D eigenvalue weighted by molar-refractivity contribution is 6.31. The van der Waals surface area contributed by atoms with Gasteiger partial charge in [0, 0.05) is 11.2 Å². The minimum Gasteiger partial charge on any atom is -0.505 e. The summed E-state index contributed by atoms with van der Waals surface area (Å²) in [4.78, 5) is 16.6. The maximum Gasteiger partial charge on any atom is 0.257 e.